The van der Waals surface area contributed by atoms with Gasteiger partial charge in [-0.25, -0.2) is 18.2 Å². The van der Waals surface area contributed by atoms with Crippen molar-refractivity contribution in [1.29, 1.82) is 0 Å². The standard InChI is InChI=1S/C24H30N4O4S/c1-17-10-12-20(13-11-17)33(30,31)28-18(2)6-5-7-19(28)16-32-24(29)25-15-14-23-26-21-8-3-4-9-22(21)27-23/h3-4,8-13,18-19H,5-7,14-16H2,1-2H3,(H,25,29)(H,26,27)/t18-,19-/m1/s1. The number of benzene rings is 2. The van der Waals surface area contributed by atoms with E-state index in [1.54, 1.807) is 24.3 Å². The van der Waals surface area contributed by atoms with Crippen molar-refractivity contribution in [3.05, 3.63) is 59.9 Å². The molecule has 0 aliphatic carbocycles. The molecule has 1 amide bonds. The maximum Gasteiger partial charge on any atom is 0.407 e. The van der Waals surface area contributed by atoms with Crippen molar-refractivity contribution in [2.45, 2.75) is 56.5 Å². The Hall–Kier alpha value is -2.91. The van der Waals surface area contributed by atoms with E-state index >= 15 is 0 Å². The molecule has 0 radical (unpaired) electrons. The van der Waals surface area contributed by atoms with Crippen LogP contribution in [-0.4, -0.2) is 54.0 Å². The number of H-pyrrole nitrogens is 1. The number of nitrogens with zero attached hydrogens (tertiary/aromatic N) is 2. The lowest BCUT2D eigenvalue weighted by Crippen LogP contribution is -2.51. The summed E-state index contributed by atoms with van der Waals surface area (Å²) in [5.41, 5.74) is 2.84. The van der Waals surface area contributed by atoms with Crippen LogP contribution in [0.4, 0.5) is 4.79 Å². The number of carbonyl (C=O) groups excluding carboxylic acids is 1. The number of rotatable bonds is 7. The smallest absolute Gasteiger partial charge is 0.407 e. The summed E-state index contributed by atoms with van der Waals surface area (Å²) in [6.45, 7) is 4.21. The number of amides is 1. The van der Waals surface area contributed by atoms with Gasteiger partial charge in [0, 0.05) is 19.0 Å². The number of hydrogen-bond donors (Lipinski definition) is 2. The second-order valence-corrected chi connectivity index (χ2v) is 10.4. The fourth-order valence-corrected chi connectivity index (χ4v) is 6.18. The van der Waals surface area contributed by atoms with Gasteiger partial charge in [-0.1, -0.05) is 36.2 Å². The van der Waals surface area contributed by atoms with Gasteiger partial charge in [0.2, 0.25) is 10.0 Å². The molecule has 1 fully saturated rings. The van der Waals surface area contributed by atoms with Crippen LogP contribution in [0, 0.1) is 6.92 Å². The number of aryl methyl sites for hydroxylation is 1. The summed E-state index contributed by atoms with van der Waals surface area (Å²) in [5, 5.41) is 2.73. The highest BCUT2D eigenvalue weighted by Crippen LogP contribution is 2.30. The lowest BCUT2D eigenvalue weighted by molar-refractivity contribution is 0.0894. The van der Waals surface area contributed by atoms with E-state index in [1.165, 1.54) is 4.31 Å². The first-order valence-electron chi connectivity index (χ1n) is 11.3. The predicted molar refractivity (Wildman–Crippen MR) is 126 cm³/mol. The Bertz CT molecular complexity index is 1170. The summed E-state index contributed by atoms with van der Waals surface area (Å²) < 4.78 is 33.6. The van der Waals surface area contributed by atoms with Crippen LogP contribution >= 0.6 is 0 Å². The minimum Gasteiger partial charge on any atom is -0.448 e. The van der Waals surface area contributed by atoms with Crippen LogP contribution in [0.3, 0.4) is 0 Å². The molecular formula is C24H30N4O4S. The van der Waals surface area contributed by atoms with Crippen molar-refractivity contribution >= 4 is 27.1 Å². The molecule has 0 unspecified atom stereocenters. The summed E-state index contributed by atoms with van der Waals surface area (Å²) in [6.07, 6.45) is 2.31. The first-order chi connectivity index (χ1) is 15.8. The molecule has 4 rings (SSSR count). The maximum atomic E-state index is 13.3. The van der Waals surface area contributed by atoms with Crippen LogP contribution in [0.1, 0.15) is 37.6 Å². The van der Waals surface area contributed by atoms with Gasteiger partial charge in [-0.15, -0.1) is 0 Å². The monoisotopic (exact) mass is 470 g/mol. The van der Waals surface area contributed by atoms with Crippen molar-refractivity contribution in [3.63, 3.8) is 0 Å². The zero-order chi connectivity index (χ0) is 23.4. The molecular weight excluding hydrogens is 440 g/mol. The van der Waals surface area contributed by atoms with Crippen molar-refractivity contribution in [2.75, 3.05) is 13.2 Å². The molecule has 3 aromatic rings. The second-order valence-electron chi connectivity index (χ2n) is 8.56. The number of carbonyl (C=O) groups is 1. The molecule has 0 saturated carbocycles. The molecule has 8 nitrogen and oxygen atoms in total. The number of aromatic amines is 1. The summed E-state index contributed by atoms with van der Waals surface area (Å²) in [4.78, 5) is 20.2. The van der Waals surface area contributed by atoms with Gasteiger partial charge in [0.1, 0.15) is 12.4 Å². The fraction of sp³-hybridized carbons (Fsp3) is 0.417. The van der Waals surface area contributed by atoms with Gasteiger partial charge in [-0.2, -0.15) is 4.31 Å². The molecule has 0 bridgehead atoms. The number of alkyl carbamates (subject to hydrolysis) is 1. The van der Waals surface area contributed by atoms with Crippen LogP contribution in [0.25, 0.3) is 11.0 Å². The lowest BCUT2D eigenvalue weighted by atomic mass is 10.0. The SMILES string of the molecule is Cc1ccc(S(=O)(=O)N2[C@@H](COC(=O)NCCc3nc4ccccc4[nH]3)CCC[C@H]2C)cc1. The van der Waals surface area contributed by atoms with E-state index in [9.17, 15) is 13.2 Å². The number of fused-ring (bicyclic) bond motifs is 1. The van der Waals surface area contributed by atoms with Crippen LogP contribution in [0.5, 0.6) is 0 Å². The number of piperidine rings is 1. The number of hydrogen-bond acceptors (Lipinski definition) is 5. The quantitative estimate of drug-likeness (QED) is 0.547. The van der Waals surface area contributed by atoms with Crippen LogP contribution < -0.4 is 5.32 Å². The normalized spacial score (nSPS) is 19.5. The number of sulfonamides is 1. The molecule has 2 heterocycles. The van der Waals surface area contributed by atoms with Crippen molar-refractivity contribution in [3.8, 4) is 0 Å². The first kappa shape index (κ1) is 23.3. The van der Waals surface area contributed by atoms with Gasteiger partial charge >= 0.3 is 6.09 Å². The highest BCUT2D eigenvalue weighted by Gasteiger charge is 2.38. The van der Waals surface area contributed by atoms with Gasteiger partial charge in [0.25, 0.3) is 0 Å². The van der Waals surface area contributed by atoms with E-state index < -0.39 is 16.1 Å². The van der Waals surface area contributed by atoms with Gasteiger partial charge in [0.05, 0.1) is 22.0 Å². The van der Waals surface area contributed by atoms with Gasteiger partial charge in [0.15, 0.2) is 0 Å². The summed E-state index contributed by atoms with van der Waals surface area (Å²) in [6, 6.07) is 14.1. The fourth-order valence-electron chi connectivity index (χ4n) is 4.32. The van der Waals surface area contributed by atoms with Crippen molar-refractivity contribution in [1.82, 2.24) is 19.6 Å². The highest BCUT2D eigenvalue weighted by molar-refractivity contribution is 7.89. The van der Waals surface area contributed by atoms with Crippen molar-refractivity contribution < 1.29 is 17.9 Å². The third kappa shape index (κ3) is 5.36. The summed E-state index contributed by atoms with van der Waals surface area (Å²) in [5.74, 6) is 0.785. The Morgan fingerprint density at radius 2 is 1.94 bits per heavy atom. The Labute approximate surface area is 194 Å². The number of ether oxygens (including phenoxy) is 1. The molecule has 1 saturated heterocycles. The van der Waals surface area contributed by atoms with Crippen LogP contribution in [0.15, 0.2) is 53.4 Å². The van der Waals surface area contributed by atoms with Crippen molar-refractivity contribution in [2.24, 2.45) is 0 Å². The molecule has 0 spiro atoms. The molecule has 2 N–H and O–H groups in total. The number of para-hydroxylation sites is 2. The minimum atomic E-state index is -3.68. The number of imidazole rings is 1. The lowest BCUT2D eigenvalue weighted by Gasteiger charge is -2.39. The zero-order valence-electron chi connectivity index (χ0n) is 19.0. The highest BCUT2D eigenvalue weighted by atomic mass is 32.2. The molecule has 1 aliphatic rings. The molecule has 1 aliphatic heterocycles. The molecule has 2 aromatic carbocycles. The van der Waals surface area contributed by atoms with Crippen LogP contribution in [-0.2, 0) is 21.2 Å². The van der Waals surface area contributed by atoms with E-state index in [0.717, 1.165) is 35.3 Å². The maximum absolute atomic E-state index is 13.3. The molecule has 176 valence electrons. The Morgan fingerprint density at radius 3 is 2.70 bits per heavy atom. The third-order valence-electron chi connectivity index (χ3n) is 6.03. The Morgan fingerprint density at radius 1 is 1.18 bits per heavy atom. The third-order valence-corrected chi connectivity index (χ3v) is 8.11. The van der Waals surface area contributed by atoms with E-state index in [2.05, 4.69) is 15.3 Å². The summed E-state index contributed by atoms with van der Waals surface area (Å²) >= 11 is 0. The van der Waals surface area contributed by atoms with E-state index in [4.69, 9.17) is 4.74 Å². The molecule has 1 aromatic heterocycles. The predicted octanol–water partition coefficient (Wildman–Crippen LogP) is 3.77. The largest absolute Gasteiger partial charge is 0.448 e. The number of aromatic nitrogens is 2. The summed E-state index contributed by atoms with van der Waals surface area (Å²) in [7, 11) is -3.68. The topological polar surface area (TPSA) is 104 Å². The average molecular weight is 471 g/mol. The second kappa shape index (κ2) is 9.93. The van der Waals surface area contributed by atoms with Gasteiger partial charge < -0.3 is 15.0 Å². The minimum absolute atomic E-state index is 0.0197. The van der Waals surface area contributed by atoms with Gasteiger partial charge in [-0.05, 0) is 51.0 Å². The average Bonchev–Trinajstić information content (AvgIpc) is 3.20. The zero-order valence-corrected chi connectivity index (χ0v) is 19.8. The van der Waals surface area contributed by atoms with E-state index in [0.29, 0.717) is 19.4 Å². The molecule has 9 heteroatoms. The molecule has 33 heavy (non-hydrogen) atoms. The van der Waals surface area contributed by atoms with Gasteiger partial charge in [-0.3, -0.25) is 0 Å². The Kier molecular flexibility index (Phi) is 6.99. The first-order valence-corrected chi connectivity index (χ1v) is 12.7. The van der Waals surface area contributed by atoms with E-state index in [-0.39, 0.29) is 23.6 Å². The molecule has 2 atom stereocenters. The number of nitrogens with one attached hydrogen (secondary N) is 2. The Balaban J connectivity index is 1.33. The van der Waals surface area contributed by atoms with E-state index in [1.807, 2.05) is 38.1 Å². The van der Waals surface area contributed by atoms with Crippen LogP contribution in [0.2, 0.25) is 0 Å².